The fourth-order valence-corrected chi connectivity index (χ4v) is 3.83. The van der Waals surface area contributed by atoms with E-state index in [1.165, 1.54) is 6.07 Å². The van der Waals surface area contributed by atoms with E-state index in [4.69, 9.17) is 4.74 Å². The molecule has 0 spiro atoms. The van der Waals surface area contributed by atoms with Crippen molar-refractivity contribution in [2.24, 2.45) is 0 Å². The van der Waals surface area contributed by atoms with Gasteiger partial charge < -0.3 is 10.1 Å². The van der Waals surface area contributed by atoms with Gasteiger partial charge in [-0.3, -0.25) is 9.69 Å². The lowest BCUT2D eigenvalue weighted by molar-refractivity contribution is -0.121. The quantitative estimate of drug-likeness (QED) is 0.606. The number of para-hydroxylation sites is 1. The van der Waals surface area contributed by atoms with E-state index >= 15 is 0 Å². The molecule has 3 aromatic rings. The number of benzene rings is 2. The molecule has 6 nitrogen and oxygen atoms in total. The molecular weight excluding hydrogens is 395 g/mol. The van der Waals surface area contributed by atoms with E-state index in [9.17, 15) is 9.18 Å². The molecule has 7 heteroatoms. The first kappa shape index (κ1) is 21.2. The maximum Gasteiger partial charge on any atom is 0.220 e. The number of carbonyl (C=O) groups excluding carboxylic acids is 1. The van der Waals surface area contributed by atoms with Crippen molar-refractivity contribution in [3.63, 3.8) is 0 Å². The second kappa shape index (κ2) is 10.3. The van der Waals surface area contributed by atoms with Gasteiger partial charge in [0.25, 0.3) is 0 Å². The minimum absolute atomic E-state index is 0.0258. The third-order valence-electron chi connectivity index (χ3n) is 5.51. The molecule has 0 radical (unpaired) electrons. The van der Waals surface area contributed by atoms with Crippen LogP contribution in [-0.2, 0) is 16.0 Å². The van der Waals surface area contributed by atoms with Gasteiger partial charge in [0, 0.05) is 32.3 Å². The number of morpholine rings is 1. The summed E-state index contributed by atoms with van der Waals surface area (Å²) < 4.78 is 21.0. The third kappa shape index (κ3) is 5.77. The summed E-state index contributed by atoms with van der Waals surface area (Å²) in [4.78, 5) is 14.8. The number of halogens is 1. The summed E-state index contributed by atoms with van der Waals surface area (Å²) in [7, 11) is 0. The van der Waals surface area contributed by atoms with E-state index in [0.717, 1.165) is 29.9 Å². The molecule has 2 heterocycles. The van der Waals surface area contributed by atoms with E-state index in [-0.39, 0.29) is 17.8 Å². The number of rotatable bonds is 8. The number of hydrogen-bond acceptors (Lipinski definition) is 4. The summed E-state index contributed by atoms with van der Waals surface area (Å²) in [5, 5.41) is 7.41. The van der Waals surface area contributed by atoms with Crippen molar-refractivity contribution in [3.8, 4) is 5.69 Å². The van der Waals surface area contributed by atoms with Crippen molar-refractivity contribution >= 4 is 5.91 Å². The number of aryl methyl sites for hydroxylation is 1. The molecular formula is C24H27FN4O2. The molecule has 1 unspecified atom stereocenters. The van der Waals surface area contributed by atoms with Gasteiger partial charge in [0.05, 0.1) is 31.1 Å². The SMILES string of the molecule is O=C(CCc1cnn(-c2ccccc2)c1)NCC(c1cccc(F)c1)N1CCOCC1. The second-order valence-corrected chi connectivity index (χ2v) is 7.65. The summed E-state index contributed by atoms with van der Waals surface area (Å²) in [5.74, 6) is -0.292. The van der Waals surface area contributed by atoms with Gasteiger partial charge in [0.2, 0.25) is 5.91 Å². The van der Waals surface area contributed by atoms with Gasteiger partial charge in [-0.2, -0.15) is 5.10 Å². The van der Waals surface area contributed by atoms with Crippen molar-refractivity contribution in [3.05, 3.63) is 83.9 Å². The van der Waals surface area contributed by atoms with E-state index < -0.39 is 0 Å². The Labute approximate surface area is 181 Å². The van der Waals surface area contributed by atoms with Crippen LogP contribution in [0.4, 0.5) is 4.39 Å². The Bertz CT molecular complexity index is 986. The van der Waals surface area contributed by atoms with Gasteiger partial charge in [0.1, 0.15) is 5.82 Å². The summed E-state index contributed by atoms with van der Waals surface area (Å²) in [6.07, 6.45) is 4.73. The van der Waals surface area contributed by atoms with Crippen LogP contribution in [0.2, 0.25) is 0 Å². The minimum atomic E-state index is -0.266. The maximum atomic E-state index is 13.8. The number of aromatic nitrogens is 2. The summed E-state index contributed by atoms with van der Waals surface area (Å²) in [5.41, 5.74) is 2.86. The second-order valence-electron chi connectivity index (χ2n) is 7.65. The molecule has 1 atom stereocenters. The van der Waals surface area contributed by atoms with Crippen molar-refractivity contribution in [1.29, 1.82) is 0 Å². The Hall–Kier alpha value is -3.03. The van der Waals surface area contributed by atoms with Crippen LogP contribution in [0.1, 0.15) is 23.6 Å². The Morgan fingerprint density at radius 2 is 1.94 bits per heavy atom. The highest BCUT2D eigenvalue weighted by molar-refractivity contribution is 5.76. The Balaban J connectivity index is 1.33. The molecule has 1 saturated heterocycles. The van der Waals surface area contributed by atoms with Crippen LogP contribution in [-0.4, -0.2) is 53.4 Å². The van der Waals surface area contributed by atoms with Crippen LogP contribution in [0, 0.1) is 5.82 Å². The van der Waals surface area contributed by atoms with E-state index in [1.54, 1.807) is 18.3 Å². The zero-order chi connectivity index (χ0) is 21.5. The highest BCUT2D eigenvalue weighted by Gasteiger charge is 2.23. The van der Waals surface area contributed by atoms with Crippen molar-refractivity contribution in [2.75, 3.05) is 32.8 Å². The van der Waals surface area contributed by atoms with Gasteiger partial charge in [-0.1, -0.05) is 30.3 Å². The minimum Gasteiger partial charge on any atom is -0.379 e. The highest BCUT2D eigenvalue weighted by atomic mass is 19.1. The number of hydrogen-bond donors (Lipinski definition) is 1. The molecule has 4 rings (SSSR count). The predicted molar refractivity (Wildman–Crippen MR) is 116 cm³/mol. The first-order valence-electron chi connectivity index (χ1n) is 10.6. The molecule has 1 aromatic heterocycles. The van der Waals surface area contributed by atoms with Gasteiger partial charge in [-0.05, 0) is 41.8 Å². The standard InChI is InChI=1S/C24H27FN4O2/c25-21-6-4-5-20(15-21)23(28-11-13-31-14-12-28)17-26-24(30)10-9-19-16-27-29(18-19)22-7-2-1-3-8-22/h1-8,15-16,18,23H,9-14,17H2,(H,26,30). The summed E-state index contributed by atoms with van der Waals surface area (Å²) in [6, 6.07) is 16.4. The van der Waals surface area contributed by atoms with Crippen molar-refractivity contribution in [1.82, 2.24) is 20.0 Å². The molecule has 1 aliphatic heterocycles. The topological polar surface area (TPSA) is 59.4 Å². The van der Waals surface area contributed by atoms with E-state index in [0.29, 0.717) is 32.6 Å². The number of nitrogens with zero attached hydrogens (tertiary/aromatic N) is 3. The van der Waals surface area contributed by atoms with Crippen LogP contribution >= 0.6 is 0 Å². The molecule has 1 N–H and O–H groups in total. The van der Waals surface area contributed by atoms with Crippen LogP contribution in [0.15, 0.2) is 67.0 Å². The zero-order valence-electron chi connectivity index (χ0n) is 17.4. The first-order chi connectivity index (χ1) is 15.2. The molecule has 0 bridgehead atoms. The molecule has 0 saturated carbocycles. The lowest BCUT2D eigenvalue weighted by Crippen LogP contribution is -2.43. The van der Waals surface area contributed by atoms with Crippen LogP contribution in [0.25, 0.3) is 5.69 Å². The van der Waals surface area contributed by atoms with Gasteiger partial charge in [-0.25, -0.2) is 9.07 Å². The van der Waals surface area contributed by atoms with Gasteiger partial charge in [0.15, 0.2) is 0 Å². The monoisotopic (exact) mass is 422 g/mol. The molecule has 1 amide bonds. The summed E-state index contributed by atoms with van der Waals surface area (Å²) in [6.45, 7) is 3.24. The predicted octanol–water partition coefficient (Wildman–Crippen LogP) is 3.13. The average molecular weight is 423 g/mol. The molecule has 1 aliphatic rings. The average Bonchev–Trinajstić information content (AvgIpc) is 3.28. The van der Waals surface area contributed by atoms with Crippen LogP contribution in [0.5, 0.6) is 0 Å². The normalized spacial score (nSPS) is 15.5. The van der Waals surface area contributed by atoms with Crippen LogP contribution < -0.4 is 5.32 Å². The molecule has 2 aromatic carbocycles. The van der Waals surface area contributed by atoms with Crippen molar-refractivity contribution < 1.29 is 13.9 Å². The number of carbonyl (C=O) groups is 1. The van der Waals surface area contributed by atoms with Crippen LogP contribution in [0.3, 0.4) is 0 Å². The Kier molecular flexibility index (Phi) is 7.07. The first-order valence-corrected chi connectivity index (χ1v) is 10.6. The van der Waals surface area contributed by atoms with E-state index in [1.807, 2.05) is 47.3 Å². The van der Waals surface area contributed by atoms with Gasteiger partial charge >= 0.3 is 0 Å². The number of ether oxygens (including phenoxy) is 1. The fraction of sp³-hybridized carbons (Fsp3) is 0.333. The number of nitrogens with one attached hydrogen (secondary N) is 1. The fourth-order valence-electron chi connectivity index (χ4n) is 3.83. The lowest BCUT2D eigenvalue weighted by Gasteiger charge is -2.35. The molecule has 1 fully saturated rings. The molecule has 0 aliphatic carbocycles. The van der Waals surface area contributed by atoms with Crippen molar-refractivity contribution in [2.45, 2.75) is 18.9 Å². The Morgan fingerprint density at radius 3 is 2.71 bits per heavy atom. The van der Waals surface area contributed by atoms with Gasteiger partial charge in [-0.15, -0.1) is 0 Å². The number of amides is 1. The Morgan fingerprint density at radius 1 is 1.13 bits per heavy atom. The lowest BCUT2D eigenvalue weighted by atomic mass is 10.0. The maximum absolute atomic E-state index is 13.8. The smallest absolute Gasteiger partial charge is 0.220 e. The molecule has 162 valence electrons. The van der Waals surface area contributed by atoms with E-state index in [2.05, 4.69) is 15.3 Å². The molecule has 31 heavy (non-hydrogen) atoms. The third-order valence-corrected chi connectivity index (χ3v) is 5.51. The summed E-state index contributed by atoms with van der Waals surface area (Å²) >= 11 is 0. The largest absolute Gasteiger partial charge is 0.379 e. The zero-order valence-corrected chi connectivity index (χ0v) is 17.4. The highest BCUT2D eigenvalue weighted by Crippen LogP contribution is 2.22.